The molecule has 26 heavy (non-hydrogen) atoms. The van der Waals surface area contributed by atoms with Crippen molar-refractivity contribution < 1.29 is 14.6 Å². The number of ether oxygens (including phenoxy) is 1. The van der Waals surface area contributed by atoms with E-state index in [0.717, 1.165) is 16.7 Å². The van der Waals surface area contributed by atoms with Crippen LogP contribution in [0.1, 0.15) is 22.3 Å². The van der Waals surface area contributed by atoms with Gasteiger partial charge < -0.3 is 15.2 Å². The summed E-state index contributed by atoms with van der Waals surface area (Å²) >= 11 is 1.65. The normalized spacial score (nSPS) is 18.7. The highest BCUT2D eigenvalue weighted by Gasteiger charge is 2.35. The number of aliphatic hydroxyl groups is 1. The summed E-state index contributed by atoms with van der Waals surface area (Å²) in [4.78, 5) is 12.5. The predicted molar refractivity (Wildman–Crippen MR) is 103 cm³/mol. The third-order valence-electron chi connectivity index (χ3n) is 4.70. The number of thiophene rings is 1. The fraction of sp³-hybridized carbons (Fsp3) is 0.190. The summed E-state index contributed by atoms with van der Waals surface area (Å²) in [7, 11) is 0. The molecule has 1 amide bonds. The number of hydrogen-bond acceptors (Lipinski definition) is 4. The van der Waals surface area contributed by atoms with Crippen LogP contribution in [0.2, 0.25) is 0 Å². The first-order valence-corrected chi connectivity index (χ1v) is 9.45. The van der Waals surface area contributed by atoms with Gasteiger partial charge in [-0.1, -0.05) is 30.3 Å². The van der Waals surface area contributed by atoms with Gasteiger partial charge in [0.1, 0.15) is 11.4 Å². The molecular formula is C21H19NO3S. The lowest BCUT2D eigenvalue weighted by Crippen LogP contribution is -2.43. The molecule has 4 rings (SSSR count). The second-order valence-electron chi connectivity index (χ2n) is 6.40. The molecule has 0 saturated carbocycles. The van der Waals surface area contributed by atoms with Crippen LogP contribution in [0.25, 0.3) is 11.1 Å². The van der Waals surface area contributed by atoms with E-state index < -0.39 is 5.60 Å². The number of fused-ring (bicyclic) bond motifs is 1. The standard InChI is InChI=1S/C21H19NO3S/c23-20(16-7-5-15(6-8-16)17-9-12-26-13-17)22-14-21(24)10-11-25-19-4-2-1-3-18(19)21/h1-9,12-13,24H,10-11,14H2,(H,22,23). The van der Waals surface area contributed by atoms with E-state index in [1.165, 1.54) is 0 Å². The highest BCUT2D eigenvalue weighted by atomic mass is 32.1. The Bertz CT molecular complexity index is 905. The zero-order chi connectivity index (χ0) is 18.0. The summed E-state index contributed by atoms with van der Waals surface area (Å²) in [5.74, 6) is 0.481. The van der Waals surface area contributed by atoms with Crippen LogP contribution in [0.3, 0.4) is 0 Å². The van der Waals surface area contributed by atoms with Crippen LogP contribution in [0.4, 0.5) is 0 Å². The number of nitrogens with one attached hydrogen (secondary N) is 1. The van der Waals surface area contributed by atoms with Crippen LogP contribution in [0.15, 0.2) is 65.4 Å². The Balaban J connectivity index is 1.46. The molecule has 1 aliphatic rings. The third kappa shape index (κ3) is 3.23. The van der Waals surface area contributed by atoms with Gasteiger partial charge >= 0.3 is 0 Å². The Hall–Kier alpha value is -2.63. The van der Waals surface area contributed by atoms with E-state index >= 15 is 0 Å². The Morgan fingerprint density at radius 2 is 1.92 bits per heavy atom. The van der Waals surface area contributed by atoms with Gasteiger partial charge in [-0.25, -0.2) is 0 Å². The molecule has 2 aromatic carbocycles. The van der Waals surface area contributed by atoms with Gasteiger partial charge in [-0.15, -0.1) is 0 Å². The van der Waals surface area contributed by atoms with E-state index in [1.54, 1.807) is 11.3 Å². The first-order valence-electron chi connectivity index (χ1n) is 8.51. The van der Waals surface area contributed by atoms with Crippen molar-refractivity contribution in [3.05, 3.63) is 76.5 Å². The number of benzene rings is 2. The molecular weight excluding hydrogens is 346 g/mol. The fourth-order valence-electron chi connectivity index (χ4n) is 3.20. The van der Waals surface area contributed by atoms with Gasteiger partial charge in [0.2, 0.25) is 0 Å². The summed E-state index contributed by atoms with van der Waals surface area (Å²) in [6.45, 7) is 0.581. The summed E-state index contributed by atoms with van der Waals surface area (Å²) in [6.07, 6.45) is 0.446. The molecule has 1 unspecified atom stereocenters. The van der Waals surface area contributed by atoms with Crippen LogP contribution in [-0.4, -0.2) is 24.2 Å². The molecule has 0 aliphatic carbocycles. The number of carbonyl (C=O) groups is 1. The van der Waals surface area contributed by atoms with Crippen molar-refractivity contribution in [1.82, 2.24) is 5.32 Å². The molecule has 0 radical (unpaired) electrons. The van der Waals surface area contributed by atoms with Crippen molar-refractivity contribution in [3.63, 3.8) is 0 Å². The molecule has 0 fully saturated rings. The lowest BCUT2D eigenvalue weighted by atomic mass is 9.88. The average molecular weight is 365 g/mol. The summed E-state index contributed by atoms with van der Waals surface area (Å²) in [6, 6.07) is 17.0. The van der Waals surface area contributed by atoms with E-state index in [4.69, 9.17) is 4.74 Å². The third-order valence-corrected chi connectivity index (χ3v) is 5.39. The van der Waals surface area contributed by atoms with Gasteiger partial charge in [0.15, 0.2) is 0 Å². The minimum Gasteiger partial charge on any atom is -0.493 e. The smallest absolute Gasteiger partial charge is 0.251 e. The minimum absolute atomic E-state index is 0.151. The van der Waals surface area contributed by atoms with Gasteiger partial charge in [0.05, 0.1) is 13.2 Å². The van der Waals surface area contributed by atoms with Crippen LogP contribution in [0.5, 0.6) is 5.75 Å². The fourth-order valence-corrected chi connectivity index (χ4v) is 3.86. The van der Waals surface area contributed by atoms with Gasteiger partial charge in [0.25, 0.3) is 5.91 Å². The number of amides is 1. The monoisotopic (exact) mass is 365 g/mol. The summed E-state index contributed by atoms with van der Waals surface area (Å²) < 4.78 is 5.59. The van der Waals surface area contributed by atoms with Crippen molar-refractivity contribution in [2.45, 2.75) is 12.0 Å². The van der Waals surface area contributed by atoms with Crippen LogP contribution in [0, 0.1) is 0 Å². The highest BCUT2D eigenvalue weighted by molar-refractivity contribution is 7.08. The van der Waals surface area contributed by atoms with E-state index in [-0.39, 0.29) is 12.5 Å². The highest BCUT2D eigenvalue weighted by Crippen LogP contribution is 2.36. The molecule has 1 aromatic heterocycles. The van der Waals surface area contributed by atoms with Crippen LogP contribution < -0.4 is 10.1 Å². The van der Waals surface area contributed by atoms with Crippen molar-refractivity contribution in [1.29, 1.82) is 0 Å². The molecule has 2 N–H and O–H groups in total. The van der Waals surface area contributed by atoms with E-state index in [9.17, 15) is 9.90 Å². The van der Waals surface area contributed by atoms with Crippen molar-refractivity contribution in [2.24, 2.45) is 0 Å². The van der Waals surface area contributed by atoms with Gasteiger partial charge in [0, 0.05) is 17.5 Å². The van der Waals surface area contributed by atoms with Crippen LogP contribution in [-0.2, 0) is 5.60 Å². The lowest BCUT2D eigenvalue weighted by molar-refractivity contribution is -0.00160. The molecule has 0 bridgehead atoms. The van der Waals surface area contributed by atoms with Gasteiger partial charge in [-0.05, 0) is 46.2 Å². The Morgan fingerprint density at radius 3 is 2.69 bits per heavy atom. The Morgan fingerprint density at radius 1 is 1.12 bits per heavy atom. The molecule has 5 heteroatoms. The zero-order valence-corrected chi connectivity index (χ0v) is 15.0. The number of rotatable bonds is 4. The first kappa shape index (κ1) is 16.8. The topological polar surface area (TPSA) is 58.6 Å². The Labute approximate surface area is 156 Å². The quantitative estimate of drug-likeness (QED) is 0.739. The number of carbonyl (C=O) groups excluding carboxylic acids is 1. The van der Waals surface area contributed by atoms with Crippen molar-refractivity contribution >= 4 is 17.2 Å². The largest absolute Gasteiger partial charge is 0.493 e. The van der Waals surface area contributed by atoms with Crippen molar-refractivity contribution in [2.75, 3.05) is 13.2 Å². The average Bonchev–Trinajstić information content (AvgIpc) is 3.22. The van der Waals surface area contributed by atoms with E-state index in [2.05, 4.69) is 16.8 Å². The van der Waals surface area contributed by atoms with E-state index in [0.29, 0.717) is 24.3 Å². The van der Waals surface area contributed by atoms with E-state index in [1.807, 2.05) is 53.9 Å². The molecule has 1 aliphatic heterocycles. The number of para-hydroxylation sites is 1. The number of hydrogen-bond donors (Lipinski definition) is 2. The maximum absolute atomic E-state index is 12.5. The molecule has 132 valence electrons. The molecule has 0 saturated heterocycles. The second-order valence-corrected chi connectivity index (χ2v) is 7.18. The molecule has 4 nitrogen and oxygen atoms in total. The molecule has 0 spiro atoms. The zero-order valence-electron chi connectivity index (χ0n) is 14.1. The lowest BCUT2D eigenvalue weighted by Gasteiger charge is -2.34. The maximum atomic E-state index is 12.5. The van der Waals surface area contributed by atoms with Crippen molar-refractivity contribution in [3.8, 4) is 16.9 Å². The SMILES string of the molecule is O=C(NCC1(O)CCOc2ccccc21)c1ccc(-c2ccsc2)cc1. The summed E-state index contributed by atoms with van der Waals surface area (Å²) in [5, 5.41) is 18.0. The Kier molecular flexibility index (Phi) is 4.49. The van der Waals surface area contributed by atoms with Gasteiger partial charge in [-0.2, -0.15) is 11.3 Å². The first-order chi connectivity index (χ1) is 12.7. The summed E-state index contributed by atoms with van der Waals surface area (Å²) in [5.41, 5.74) is 2.42. The second kappa shape index (κ2) is 6.94. The predicted octanol–water partition coefficient (Wildman–Crippen LogP) is 3.82. The minimum atomic E-state index is -1.11. The van der Waals surface area contributed by atoms with Crippen LogP contribution >= 0.6 is 11.3 Å². The van der Waals surface area contributed by atoms with Gasteiger partial charge in [-0.3, -0.25) is 4.79 Å². The molecule has 1 atom stereocenters. The molecule has 3 aromatic rings. The molecule has 2 heterocycles. The maximum Gasteiger partial charge on any atom is 0.251 e.